The minimum absolute atomic E-state index is 0.0919. The van der Waals surface area contributed by atoms with E-state index in [1.165, 1.54) is 186 Å². The fourth-order valence-corrected chi connectivity index (χ4v) is 9.86. The van der Waals surface area contributed by atoms with Crippen molar-refractivity contribution in [1.82, 2.24) is 0 Å². The molecule has 0 bridgehead atoms. The van der Waals surface area contributed by atoms with Crippen LogP contribution in [-0.4, -0.2) is 37.2 Å². The van der Waals surface area contributed by atoms with Crippen LogP contribution < -0.4 is 0 Å². The lowest BCUT2D eigenvalue weighted by Gasteiger charge is -2.18. The van der Waals surface area contributed by atoms with Gasteiger partial charge in [-0.15, -0.1) is 0 Å². The molecule has 6 nitrogen and oxygen atoms in total. The number of carbonyl (C=O) groups excluding carboxylic acids is 3. The molecule has 0 N–H and O–H groups in total. The van der Waals surface area contributed by atoms with Crippen molar-refractivity contribution >= 4 is 17.9 Å². The van der Waals surface area contributed by atoms with Crippen molar-refractivity contribution in [2.75, 3.05) is 13.2 Å². The van der Waals surface area contributed by atoms with Crippen LogP contribution in [0.4, 0.5) is 0 Å². The fourth-order valence-electron chi connectivity index (χ4n) is 9.86. The number of esters is 3. The Labute approximate surface area is 508 Å². The third kappa shape index (κ3) is 66.9. The Bertz CT molecular complexity index is 1640. The van der Waals surface area contributed by atoms with Gasteiger partial charge in [-0.1, -0.05) is 342 Å². The first-order valence-corrected chi connectivity index (χ1v) is 34.9. The van der Waals surface area contributed by atoms with Gasteiger partial charge in [-0.3, -0.25) is 14.4 Å². The summed E-state index contributed by atoms with van der Waals surface area (Å²) in [5, 5.41) is 0. The van der Waals surface area contributed by atoms with Gasteiger partial charge in [0.1, 0.15) is 13.2 Å². The minimum Gasteiger partial charge on any atom is -0.462 e. The summed E-state index contributed by atoms with van der Waals surface area (Å²) in [6.07, 6.45) is 95.4. The van der Waals surface area contributed by atoms with Gasteiger partial charge in [0, 0.05) is 19.3 Å². The average Bonchev–Trinajstić information content (AvgIpc) is 3.47. The number of ether oxygens (including phenoxy) is 3. The lowest BCUT2D eigenvalue weighted by molar-refractivity contribution is -0.167. The van der Waals surface area contributed by atoms with E-state index < -0.39 is 6.10 Å². The Morgan fingerprint density at radius 1 is 0.256 bits per heavy atom. The van der Waals surface area contributed by atoms with Crippen LogP contribution in [0.5, 0.6) is 0 Å². The zero-order valence-electron chi connectivity index (χ0n) is 54.0. The Morgan fingerprint density at radius 2 is 0.476 bits per heavy atom. The second-order valence-electron chi connectivity index (χ2n) is 23.1. The third-order valence-corrected chi connectivity index (χ3v) is 15.0. The summed E-state index contributed by atoms with van der Waals surface area (Å²) in [5.41, 5.74) is 0. The van der Waals surface area contributed by atoms with Gasteiger partial charge in [0.25, 0.3) is 0 Å². The maximum absolute atomic E-state index is 12.9. The summed E-state index contributed by atoms with van der Waals surface area (Å²) in [6.45, 7) is 6.53. The number of carbonyl (C=O) groups is 3. The third-order valence-electron chi connectivity index (χ3n) is 15.0. The molecule has 0 spiro atoms. The summed E-state index contributed by atoms with van der Waals surface area (Å²) in [4.78, 5) is 38.4. The molecule has 0 aliphatic carbocycles. The molecule has 0 aliphatic heterocycles. The fraction of sp³-hybridized carbons (Fsp3) is 0.724. The smallest absolute Gasteiger partial charge is 0.306 e. The second-order valence-corrected chi connectivity index (χ2v) is 23.1. The van der Waals surface area contributed by atoms with Crippen molar-refractivity contribution in [2.24, 2.45) is 0 Å². The van der Waals surface area contributed by atoms with Crippen LogP contribution in [0.15, 0.2) is 109 Å². The monoisotopic (exact) mass is 1140 g/mol. The quantitative estimate of drug-likeness (QED) is 0.0261. The van der Waals surface area contributed by atoms with Crippen LogP contribution in [-0.2, 0) is 28.6 Å². The molecule has 6 heteroatoms. The van der Waals surface area contributed by atoms with E-state index in [0.29, 0.717) is 19.3 Å². The van der Waals surface area contributed by atoms with Crippen molar-refractivity contribution in [3.63, 3.8) is 0 Å². The highest BCUT2D eigenvalue weighted by atomic mass is 16.6. The Hall–Kier alpha value is -3.93. The van der Waals surface area contributed by atoms with E-state index in [9.17, 15) is 14.4 Å². The van der Waals surface area contributed by atoms with Crippen LogP contribution in [0.3, 0.4) is 0 Å². The molecule has 0 amide bonds. The highest BCUT2D eigenvalue weighted by Gasteiger charge is 2.19. The highest BCUT2D eigenvalue weighted by molar-refractivity contribution is 5.71. The molecule has 82 heavy (non-hydrogen) atoms. The summed E-state index contributed by atoms with van der Waals surface area (Å²) < 4.78 is 16.9. The summed E-state index contributed by atoms with van der Waals surface area (Å²) in [6, 6.07) is 0. The van der Waals surface area contributed by atoms with Crippen molar-refractivity contribution in [3.8, 4) is 0 Å². The van der Waals surface area contributed by atoms with Crippen molar-refractivity contribution in [2.45, 2.75) is 341 Å². The maximum atomic E-state index is 12.9. The minimum atomic E-state index is -0.801. The van der Waals surface area contributed by atoms with Gasteiger partial charge in [0.15, 0.2) is 6.10 Å². The highest BCUT2D eigenvalue weighted by Crippen LogP contribution is 2.17. The van der Waals surface area contributed by atoms with Gasteiger partial charge in [0.05, 0.1) is 0 Å². The lowest BCUT2D eigenvalue weighted by atomic mass is 10.0. The maximum Gasteiger partial charge on any atom is 0.306 e. The van der Waals surface area contributed by atoms with Gasteiger partial charge < -0.3 is 14.2 Å². The zero-order chi connectivity index (χ0) is 59.2. The number of rotatable bonds is 63. The molecule has 0 radical (unpaired) electrons. The predicted molar refractivity (Wildman–Crippen MR) is 357 cm³/mol. The van der Waals surface area contributed by atoms with Crippen molar-refractivity contribution in [3.05, 3.63) is 109 Å². The Kier molecular flexibility index (Phi) is 66.2. The molecule has 0 aliphatic rings. The first-order valence-electron chi connectivity index (χ1n) is 34.9. The molecule has 0 aromatic rings. The van der Waals surface area contributed by atoms with Crippen LogP contribution in [0.1, 0.15) is 335 Å². The second kappa shape index (κ2) is 69.6. The number of hydrogen-bond acceptors (Lipinski definition) is 6. The molecular weight excluding hydrogens is 1010 g/mol. The standard InChI is InChI=1S/C76H130O6/c1-4-7-10-13-16-19-22-25-28-30-32-34-35-36-37-38-39-40-41-42-44-45-48-51-54-57-60-63-66-69-75(78)81-72-73(71-80-74(77)68-65-62-59-56-53-50-47-27-24-21-18-15-12-9-6-3)82-76(79)70-67-64-61-58-55-52-49-46-43-33-31-29-26-23-20-17-14-11-8-5-2/h7,10,16,19,25,28,32,34,36-37,39-40,42,44,48,51,57,60,73H,4-6,8-9,11-15,17-18,20-24,26-27,29-31,33,35,38,41,43,45-47,49-50,52-56,58-59,61-72H2,1-3H3/b10-7-,19-16-,28-25-,34-32-,37-36-,40-39-,44-42-,51-48-,60-57-. The van der Waals surface area contributed by atoms with Crippen LogP contribution in [0.25, 0.3) is 0 Å². The van der Waals surface area contributed by atoms with Crippen LogP contribution in [0.2, 0.25) is 0 Å². The first-order chi connectivity index (χ1) is 40.5. The van der Waals surface area contributed by atoms with Crippen molar-refractivity contribution in [1.29, 1.82) is 0 Å². The van der Waals surface area contributed by atoms with Gasteiger partial charge in [0.2, 0.25) is 0 Å². The molecule has 470 valence electrons. The largest absolute Gasteiger partial charge is 0.462 e. The van der Waals surface area contributed by atoms with E-state index >= 15 is 0 Å². The molecule has 0 rings (SSSR count). The predicted octanol–water partition coefficient (Wildman–Crippen LogP) is 24.2. The number of hydrogen-bond donors (Lipinski definition) is 0. The zero-order valence-corrected chi connectivity index (χ0v) is 54.0. The molecule has 0 fully saturated rings. The first kappa shape index (κ1) is 78.1. The molecule has 0 aromatic carbocycles. The van der Waals surface area contributed by atoms with Gasteiger partial charge >= 0.3 is 17.9 Å². The average molecular weight is 1140 g/mol. The summed E-state index contributed by atoms with van der Waals surface area (Å²) in [7, 11) is 0. The van der Waals surface area contributed by atoms with E-state index in [0.717, 1.165) is 103 Å². The Balaban J connectivity index is 4.42. The Morgan fingerprint density at radius 3 is 0.744 bits per heavy atom. The molecule has 0 heterocycles. The van der Waals surface area contributed by atoms with E-state index in [1.54, 1.807) is 0 Å². The normalized spacial score (nSPS) is 12.8. The van der Waals surface area contributed by atoms with Gasteiger partial charge in [-0.25, -0.2) is 0 Å². The van der Waals surface area contributed by atoms with Crippen LogP contribution in [0, 0.1) is 0 Å². The van der Waals surface area contributed by atoms with E-state index in [1.807, 2.05) is 0 Å². The van der Waals surface area contributed by atoms with Crippen molar-refractivity contribution < 1.29 is 28.6 Å². The molecule has 1 atom stereocenters. The summed E-state index contributed by atoms with van der Waals surface area (Å²) >= 11 is 0. The van der Waals surface area contributed by atoms with Gasteiger partial charge in [-0.05, 0) is 83.5 Å². The molecule has 0 aromatic heterocycles. The lowest BCUT2D eigenvalue weighted by Crippen LogP contribution is -2.30. The van der Waals surface area contributed by atoms with E-state index in [-0.39, 0.29) is 37.5 Å². The van der Waals surface area contributed by atoms with E-state index in [2.05, 4.69) is 130 Å². The van der Waals surface area contributed by atoms with Gasteiger partial charge in [-0.2, -0.15) is 0 Å². The molecular formula is C76H130O6. The molecule has 0 saturated carbocycles. The SMILES string of the molecule is CC/C=C\C/C=C\C/C=C\C/C=C\C/C=C\C/C=C\C/C=C\C/C=C\C/C=C\CCCC(=O)OCC(COC(=O)CCCCCCCCCCCCCCCCC)OC(=O)CCCCCCCCCCCCCCCCCCCCCC. The number of allylic oxidation sites excluding steroid dienone is 18. The number of unbranched alkanes of at least 4 members (excludes halogenated alkanes) is 34. The molecule has 0 saturated heterocycles. The topological polar surface area (TPSA) is 78.9 Å². The van der Waals surface area contributed by atoms with Crippen LogP contribution >= 0.6 is 0 Å². The van der Waals surface area contributed by atoms with E-state index in [4.69, 9.17) is 14.2 Å². The molecule has 1 unspecified atom stereocenters. The summed E-state index contributed by atoms with van der Waals surface area (Å²) in [5.74, 6) is -0.937.